The number of nitrogens with one attached hydrogen (secondary N) is 1. The lowest BCUT2D eigenvalue weighted by molar-refractivity contribution is -0.121. The fourth-order valence-electron chi connectivity index (χ4n) is 3.15. The summed E-state index contributed by atoms with van der Waals surface area (Å²) in [6, 6.07) is 0.312. The molecule has 6 nitrogen and oxygen atoms in total. The fraction of sp³-hybridized carbons (Fsp3) is 0.765. The molecule has 1 N–H and O–H groups in total. The summed E-state index contributed by atoms with van der Waals surface area (Å²) in [6.45, 7) is 12.6. The largest absolute Gasteiger partial charge is 0.373 e. The molecule has 130 valence electrons. The number of aryl methyl sites for hydroxylation is 2. The van der Waals surface area contributed by atoms with Crippen LogP contribution in [0.15, 0.2) is 4.52 Å². The Morgan fingerprint density at radius 2 is 2.00 bits per heavy atom. The standard InChI is InChI=1S/C17H29N3O3/c1-11(20-9-12(2)22-13(3)10-20)8-18-17(21)7-6-16-14(4)19-23-15(16)5/h11-13H,6-10H2,1-5H3,(H,18,21). The molecule has 0 radical (unpaired) electrons. The Hall–Kier alpha value is -1.40. The van der Waals surface area contributed by atoms with Gasteiger partial charge in [0.1, 0.15) is 5.76 Å². The van der Waals surface area contributed by atoms with Crippen LogP contribution in [0.4, 0.5) is 0 Å². The van der Waals surface area contributed by atoms with Crippen LogP contribution in [0.3, 0.4) is 0 Å². The van der Waals surface area contributed by atoms with E-state index in [2.05, 4.69) is 36.1 Å². The zero-order valence-corrected chi connectivity index (χ0v) is 14.9. The molecule has 23 heavy (non-hydrogen) atoms. The van der Waals surface area contributed by atoms with Crippen molar-refractivity contribution in [3.63, 3.8) is 0 Å². The third kappa shape index (κ3) is 5.04. The van der Waals surface area contributed by atoms with Gasteiger partial charge in [-0.25, -0.2) is 0 Å². The second-order valence-electron chi connectivity index (χ2n) is 6.67. The Balaban J connectivity index is 1.73. The molecule has 3 atom stereocenters. The van der Waals surface area contributed by atoms with Crippen LogP contribution in [0.1, 0.15) is 44.2 Å². The quantitative estimate of drug-likeness (QED) is 0.865. The highest BCUT2D eigenvalue weighted by Gasteiger charge is 2.25. The van der Waals surface area contributed by atoms with E-state index in [4.69, 9.17) is 9.26 Å². The van der Waals surface area contributed by atoms with E-state index in [0.717, 1.165) is 30.1 Å². The van der Waals surface area contributed by atoms with Crippen molar-refractivity contribution in [3.05, 3.63) is 17.0 Å². The summed E-state index contributed by atoms with van der Waals surface area (Å²) in [5.41, 5.74) is 1.92. The number of amides is 1. The first-order valence-electron chi connectivity index (χ1n) is 8.44. The first-order valence-corrected chi connectivity index (χ1v) is 8.44. The monoisotopic (exact) mass is 323 g/mol. The van der Waals surface area contributed by atoms with Gasteiger partial charge in [0.2, 0.25) is 5.91 Å². The highest BCUT2D eigenvalue weighted by atomic mass is 16.5. The zero-order chi connectivity index (χ0) is 17.0. The van der Waals surface area contributed by atoms with E-state index in [9.17, 15) is 4.79 Å². The summed E-state index contributed by atoms with van der Waals surface area (Å²) >= 11 is 0. The van der Waals surface area contributed by atoms with Crippen molar-refractivity contribution < 1.29 is 14.1 Å². The number of hydrogen-bond acceptors (Lipinski definition) is 5. The molecule has 0 bridgehead atoms. The molecule has 1 aromatic rings. The lowest BCUT2D eigenvalue weighted by Gasteiger charge is -2.39. The minimum Gasteiger partial charge on any atom is -0.373 e. The van der Waals surface area contributed by atoms with Crippen molar-refractivity contribution in [1.29, 1.82) is 0 Å². The molecule has 1 amide bonds. The van der Waals surface area contributed by atoms with Crippen molar-refractivity contribution >= 4 is 5.91 Å². The molecule has 3 unspecified atom stereocenters. The maximum atomic E-state index is 12.1. The SMILES string of the molecule is Cc1noc(C)c1CCC(=O)NCC(C)N1CC(C)OC(C)C1. The first kappa shape index (κ1) is 17.9. The average molecular weight is 323 g/mol. The van der Waals surface area contributed by atoms with Crippen LogP contribution in [0.5, 0.6) is 0 Å². The Morgan fingerprint density at radius 1 is 1.35 bits per heavy atom. The van der Waals surface area contributed by atoms with E-state index in [1.807, 2.05) is 13.8 Å². The minimum atomic E-state index is 0.0752. The molecular formula is C17H29N3O3. The summed E-state index contributed by atoms with van der Waals surface area (Å²) in [4.78, 5) is 14.5. The fourth-order valence-corrected chi connectivity index (χ4v) is 3.15. The van der Waals surface area contributed by atoms with Gasteiger partial charge in [0.15, 0.2) is 0 Å². The number of carbonyl (C=O) groups is 1. The van der Waals surface area contributed by atoms with Crippen molar-refractivity contribution in [1.82, 2.24) is 15.4 Å². The first-order chi connectivity index (χ1) is 10.9. The number of aromatic nitrogens is 1. The lowest BCUT2D eigenvalue weighted by Crippen LogP contribution is -2.52. The van der Waals surface area contributed by atoms with Crippen LogP contribution in [0.2, 0.25) is 0 Å². The maximum absolute atomic E-state index is 12.1. The molecule has 0 spiro atoms. The van der Waals surface area contributed by atoms with Crippen molar-refractivity contribution in [3.8, 4) is 0 Å². The molecule has 1 aliphatic heterocycles. The second kappa shape index (κ2) is 7.93. The average Bonchev–Trinajstić information content (AvgIpc) is 2.80. The smallest absolute Gasteiger partial charge is 0.220 e. The van der Waals surface area contributed by atoms with Crippen molar-refractivity contribution in [2.24, 2.45) is 0 Å². The molecule has 1 fully saturated rings. The van der Waals surface area contributed by atoms with Crippen molar-refractivity contribution in [2.45, 2.75) is 65.7 Å². The van der Waals surface area contributed by atoms with Gasteiger partial charge in [-0.2, -0.15) is 0 Å². The summed E-state index contributed by atoms with van der Waals surface area (Å²) in [7, 11) is 0. The summed E-state index contributed by atoms with van der Waals surface area (Å²) < 4.78 is 10.9. The predicted octanol–water partition coefficient (Wildman–Crippen LogP) is 1.84. The third-order valence-corrected chi connectivity index (χ3v) is 4.45. The van der Waals surface area contributed by atoms with Crippen LogP contribution < -0.4 is 5.32 Å². The Bertz CT molecular complexity index is 500. The number of carbonyl (C=O) groups excluding carboxylic acids is 1. The van der Waals surface area contributed by atoms with E-state index < -0.39 is 0 Å². The molecule has 0 aliphatic carbocycles. The summed E-state index contributed by atoms with van der Waals surface area (Å²) in [5, 5.41) is 6.96. The normalized spacial score (nSPS) is 23.7. The van der Waals surface area contributed by atoms with Gasteiger partial charge in [-0.05, 0) is 41.0 Å². The zero-order valence-electron chi connectivity index (χ0n) is 14.9. The van der Waals surface area contributed by atoms with Crippen molar-refractivity contribution in [2.75, 3.05) is 19.6 Å². The van der Waals surface area contributed by atoms with Gasteiger partial charge in [0.05, 0.1) is 17.9 Å². The molecule has 1 saturated heterocycles. The predicted molar refractivity (Wildman–Crippen MR) is 88.4 cm³/mol. The number of morpholine rings is 1. The highest BCUT2D eigenvalue weighted by Crippen LogP contribution is 2.15. The van der Waals surface area contributed by atoms with Gasteiger partial charge in [-0.15, -0.1) is 0 Å². The van der Waals surface area contributed by atoms with Crippen LogP contribution in [-0.2, 0) is 16.0 Å². The molecule has 2 rings (SSSR count). The molecule has 0 saturated carbocycles. The summed E-state index contributed by atoms with van der Waals surface area (Å²) in [6.07, 6.45) is 1.63. The van der Waals surface area contributed by atoms with E-state index in [1.54, 1.807) is 0 Å². The molecule has 1 aromatic heterocycles. The minimum absolute atomic E-state index is 0.0752. The van der Waals surface area contributed by atoms with Crippen LogP contribution in [-0.4, -0.2) is 53.8 Å². The molecule has 6 heteroatoms. The van der Waals surface area contributed by atoms with E-state index in [0.29, 0.717) is 25.4 Å². The van der Waals surface area contributed by atoms with Crippen LogP contribution in [0.25, 0.3) is 0 Å². The third-order valence-electron chi connectivity index (χ3n) is 4.45. The maximum Gasteiger partial charge on any atom is 0.220 e. The van der Waals surface area contributed by atoms with Crippen LogP contribution in [0, 0.1) is 13.8 Å². The molecular weight excluding hydrogens is 294 g/mol. The Kier molecular flexibility index (Phi) is 6.18. The highest BCUT2D eigenvalue weighted by molar-refractivity contribution is 5.76. The number of rotatable bonds is 6. The number of hydrogen-bond donors (Lipinski definition) is 1. The van der Waals surface area contributed by atoms with Gasteiger partial charge >= 0.3 is 0 Å². The second-order valence-corrected chi connectivity index (χ2v) is 6.67. The van der Waals surface area contributed by atoms with Gasteiger partial charge in [-0.3, -0.25) is 9.69 Å². The Labute approximate surface area is 138 Å². The van der Waals surface area contributed by atoms with E-state index in [-0.39, 0.29) is 18.1 Å². The summed E-state index contributed by atoms with van der Waals surface area (Å²) in [5.74, 6) is 0.881. The molecule has 2 heterocycles. The van der Waals surface area contributed by atoms with Crippen LogP contribution >= 0.6 is 0 Å². The Morgan fingerprint density at radius 3 is 2.57 bits per heavy atom. The molecule has 0 aromatic carbocycles. The molecule has 1 aliphatic rings. The lowest BCUT2D eigenvalue weighted by atomic mass is 10.1. The van der Waals surface area contributed by atoms with Gasteiger partial charge in [0.25, 0.3) is 0 Å². The number of ether oxygens (including phenoxy) is 1. The number of nitrogens with zero attached hydrogens (tertiary/aromatic N) is 2. The van der Waals surface area contributed by atoms with E-state index in [1.165, 1.54) is 0 Å². The van der Waals surface area contributed by atoms with E-state index >= 15 is 0 Å². The van der Waals surface area contributed by atoms with Gasteiger partial charge in [-0.1, -0.05) is 5.16 Å². The van der Waals surface area contributed by atoms with Gasteiger partial charge < -0.3 is 14.6 Å². The van der Waals surface area contributed by atoms with Gasteiger partial charge in [0, 0.05) is 37.7 Å². The topological polar surface area (TPSA) is 67.6 Å².